The Bertz CT molecular complexity index is 712. The molecule has 1 unspecified atom stereocenters. The first-order valence-corrected chi connectivity index (χ1v) is 9.32. The van der Waals surface area contributed by atoms with Crippen molar-refractivity contribution in [3.63, 3.8) is 0 Å². The number of thiazole rings is 1. The highest BCUT2D eigenvalue weighted by molar-refractivity contribution is 14.0. The molecular weight excluding hydrogens is 482 g/mol. The van der Waals surface area contributed by atoms with Crippen molar-refractivity contribution >= 4 is 41.3 Å². The lowest BCUT2D eigenvalue weighted by Gasteiger charge is -2.21. The first-order chi connectivity index (χ1) is 12.5. The molecule has 6 nitrogen and oxygen atoms in total. The Labute approximate surface area is 180 Å². The van der Waals surface area contributed by atoms with Crippen LogP contribution in [0.4, 0.5) is 4.39 Å². The molecule has 0 radical (unpaired) electrons. The third-order valence-corrected chi connectivity index (χ3v) is 4.29. The number of halogens is 2. The summed E-state index contributed by atoms with van der Waals surface area (Å²) in [6.45, 7) is 5.61. The molecule has 0 bridgehead atoms. The van der Waals surface area contributed by atoms with E-state index in [1.54, 1.807) is 11.3 Å². The Morgan fingerprint density at radius 2 is 2.11 bits per heavy atom. The molecule has 0 aliphatic rings. The van der Waals surface area contributed by atoms with Crippen LogP contribution in [-0.2, 0) is 6.54 Å². The van der Waals surface area contributed by atoms with Gasteiger partial charge in [0.05, 0.1) is 23.8 Å². The van der Waals surface area contributed by atoms with Crippen molar-refractivity contribution in [2.24, 2.45) is 4.99 Å². The summed E-state index contributed by atoms with van der Waals surface area (Å²) in [5, 5.41) is 16.4. The fourth-order valence-electron chi connectivity index (χ4n) is 2.24. The maximum absolute atomic E-state index is 12.9. The van der Waals surface area contributed by atoms with Gasteiger partial charge in [0.15, 0.2) is 5.96 Å². The molecule has 0 aliphatic heterocycles. The highest BCUT2D eigenvalue weighted by Crippen LogP contribution is 2.12. The van der Waals surface area contributed by atoms with Crippen LogP contribution in [0.2, 0.25) is 0 Å². The molecule has 2 aromatic rings. The molecule has 1 aromatic carbocycles. The lowest BCUT2D eigenvalue weighted by Crippen LogP contribution is -2.39. The Morgan fingerprint density at radius 1 is 1.41 bits per heavy atom. The summed E-state index contributed by atoms with van der Waals surface area (Å²) in [4.78, 5) is 10.9. The summed E-state index contributed by atoms with van der Waals surface area (Å²) in [6, 6.07) is 5.69. The summed E-state index contributed by atoms with van der Waals surface area (Å²) in [5.41, 5.74) is 0.987. The minimum atomic E-state index is -0.761. The number of aliphatic hydroxyl groups is 1. The van der Waals surface area contributed by atoms with E-state index in [1.807, 2.05) is 31.2 Å². The molecule has 9 heteroatoms. The van der Waals surface area contributed by atoms with Crippen molar-refractivity contribution < 1.29 is 14.2 Å². The fraction of sp³-hybridized carbons (Fsp3) is 0.444. The van der Waals surface area contributed by atoms with E-state index in [4.69, 9.17) is 4.74 Å². The SMILES string of the molecule is CCNC(=NCC(O)COc1ccc(F)cc1)N(C)Cc1csc(C)n1.I. The number of aryl methyl sites for hydroxylation is 1. The number of aliphatic hydroxyl groups excluding tert-OH is 1. The monoisotopic (exact) mass is 508 g/mol. The molecule has 0 fully saturated rings. The predicted octanol–water partition coefficient (Wildman–Crippen LogP) is 3.05. The maximum atomic E-state index is 12.9. The molecular formula is C18H26FIN4O2S. The number of aliphatic imine (C=N–C) groups is 1. The molecule has 1 heterocycles. The van der Waals surface area contributed by atoms with Crippen LogP contribution in [0, 0.1) is 12.7 Å². The van der Waals surface area contributed by atoms with Crippen molar-refractivity contribution in [1.29, 1.82) is 0 Å². The van der Waals surface area contributed by atoms with Gasteiger partial charge in [-0.15, -0.1) is 35.3 Å². The van der Waals surface area contributed by atoms with Crippen LogP contribution in [0.1, 0.15) is 17.6 Å². The zero-order valence-electron chi connectivity index (χ0n) is 15.7. The van der Waals surface area contributed by atoms with Gasteiger partial charge in [0.1, 0.15) is 24.3 Å². The van der Waals surface area contributed by atoms with Gasteiger partial charge >= 0.3 is 0 Å². The van der Waals surface area contributed by atoms with E-state index in [9.17, 15) is 9.50 Å². The second-order valence-electron chi connectivity index (χ2n) is 5.83. The van der Waals surface area contributed by atoms with Crippen LogP contribution < -0.4 is 10.1 Å². The zero-order chi connectivity index (χ0) is 18.9. The molecule has 2 rings (SSSR count). The van der Waals surface area contributed by atoms with Crippen molar-refractivity contribution in [2.45, 2.75) is 26.5 Å². The van der Waals surface area contributed by atoms with Gasteiger partial charge in [0.2, 0.25) is 0 Å². The van der Waals surface area contributed by atoms with E-state index in [0.29, 0.717) is 18.3 Å². The molecule has 27 heavy (non-hydrogen) atoms. The summed E-state index contributed by atoms with van der Waals surface area (Å²) < 4.78 is 18.3. The van der Waals surface area contributed by atoms with Crippen LogP contribution in [0.5, 0.6) is 5.75 Å². The summed E-state index contributed by atoms with van der Waals surface area (Å²) in [5.74, 6) is 0.882. The number of ether oxygens (including phenoxy) is 1. The molecule has 0 amide bonds. The average Bonchev–Trinajstić information content (AvgIpc) is 3.02. The quantitative estimate of drug-likeness (QED) is 0.326. The minimum Gasteiger partial charge on any atom is -0.491 e. The normalized spacial score (nSPS) is 12.3. The van der Waals surface area contributed by atoms with Gasteiger partial charge in [-0.3, -0.25) is 4.99 Å². The summed E-state index contributed by atoms with van der Waals surface area (Å²) >= 11 is 1.62. The van der Waals surface area contributed by atoms with Crippen LogP contribution in [0.25, 0.3) is 0 Å². The topological polar surface area (TPSA) is 70.0 Å². The largest absolute Gasteiger partial charge is 0.491 e. The maximum Gasteiger partial charge on any atom is 0.194 e. The van der Waals surface area contributed by atoms with Gasteiger partial charge < -0.3 is 20.1 Å². The van der Waals surface area contributed by atoms with E-state index < -0.39 is 6.10 Å². The molecule has 150 valence electrons. The summed E-state index contributed by atoms with van der Waals surface area (Å²) in [7, 11) is 1.93. The first-order valence-electron chi connectivity index (χ1n) is 8.44. The van der Waals surface area contributed by atoms with Crippen LogP contribution in [0.3, 0.4) is 0 Å². The van der Waals surface area contributed by atoms with E-state index in [2.05, 4.69) is 15.3 Å². The van der Waals surface area contributed by atoms with E-state index in [1.165, 1.54) is 24.3 Å². The molecule has 0 aliphatic carbocycles. The number of nitrogens with one attached hydrogen (secondary N) is 1. The number of hydrogen-bond donors (Lipinski definition) is 2. The number of aromatic nitrogens is 1. The van der Waals surface area contributed by atoms with Gasteiger partial charge in [-0.1, -0.05) is 0 Å². The highest BCUT2D eigenvalue weighted by Gasteiger charge is 2.11. The van der Waals surface area contributed by atoms with Crippen molar-refractivity contribution in [1.82, 2.24) is 15.2 Å². The Balaban J connectivity index is 0.00000364. The number of nitrogens with zero attached hydrogens (tertiary/aromatic N) is 3. The van der Waals surface area contributed by atoms with E-state index in [0.717, 1.165) is 17.2 Å². The van der Waals surface area contributed by atoms with Crippen LogP contribution in [0.15, 0.2) is 34.6 Å². The van der Waals surface area contributed by atoms with E-state index >= 15 is 0 Å². The molecule has 2 N–H and O–H groups in total. The molecule has 0 saturated heterocycles. The Morgan fingerprint density at radius 3 is 2.70 bits per heavy atom. The van der Waals surface area contributed by atoms with Gasteiger partial charge in [-0.2, -0.15) is 0 Å². The minimum absolute atomic E-state index is 0. The highest BCUT2D eigenvalue weighted by atomic mass is 127. The van der Waals surface area contributed by atoms with Crippen molar-refractivity contribution in [2.75, 3.05) is 26.7 Å². The number of benzene rings is 1. The van der Waals surface area contributed by atoms with Gasteiger partial charge in [-0.25, -0.2) is 9.37 Å². The predicted molar refractivity (Wildman–Crippen MR) is 118 cm³/mol. The van der Waals surface area contributed by atoms with Gasteiger partial charge in [0, 0.05) is 19.0 Å². The standard InChI is InChI=1S/C18H25FN4O2S.HI/c1-4-20-18(23(3)10-15-12-26-13(2)22-15)21-9-16(24)11-25-17-7-5-14(19)6-8-17;/h5-8,12,16,24H,4,9-11H2,1-3H3,(H,20,21);1H. The lowest BCUT2D eigenvalue weighted by atomic mass is 10.3. The van der Waals surface area contributed by atoms with E-state index in [-0.39, 0.29) is 42.9 Å². The van der Waals surface area contributed by atoms with Crippen LogP contribution in [-0.4, -0.2) is 53.8 Å². The fourth-order valence-corrected chi connectivity index (χ4v) is 2.84. The molecule has 0 saturated carbocycles. The third kappa shape index (κ3) is 8.39. The van der Waals surface area contributed by atoms with Crippen molar-refractivity contribution in [3.8, 4) is 5.75 Å². The third-order valence-electron chi connectivity index (χ3n) is 3.47. The average molecular weight is 508 g/mol. The molecule has 1 atom stereocenters. The molecule has 1 aromatic heterocycles. The van der Waals surface area contributed by atoms with Gasteiger partial charge in [0.25, 0.3) is 0 Å². The second-order valence-corrected chi connectivity index (χ2v) is 6.89. The van der Waals surface area contributed by atoms with Gasteiger partial charge in [-0.05, 0) is 38.1 Å². The Hall–Kier alpha value is -1.46. The Kier molecular flexibility index (Phi) is 10.6. The molecule has 0 spiro atoms. The number of rotatable bonds is 8. The number of guanidine groups is 1. The summed E-state index contributed by atoms with van der Waals surface area (Å²) in [6.07, 6.45) is -0.761. The van der Waals surface area contributed by atoms with Crippen molar-refractivity contribution in [3.05, 3.63) is 46.2 Å². The smallest absolute Gasteiger partial charge is 0.194 e. The zero-order valence-corrected chi connectivity index (χ0v) is 18.8. The van der Waals surface area contributed by atoms with Crippen LogP contribution >= 0.6 is 35.3 Å². The number of hydrogen-bond acceptors (Lipinski definition) is 5. The lowest BCUT2D eigenvalue weighted by molar-refractivity contribution is 0.114. The first kappa shape index (κ1) is 23.6. The second kappa shape index (κ2) is 12.1.